The molecule has 0 saturated carbocycles. The molecular formula is C17H24O9. The zero-order valence-corrected chi connectivity index (χ0v) is 14.0. The molecule has 26 heavy (non-hydrogen) atoms. The Labute approximate surface area is 150 Å². The summed E-state index contributed by atoms with van der Waals surface area (Å²) in [5.41, 5.74) is 0.891. The van der Waals surface area contributed by atoms with E-state index in [1.54, 1.807) is 0 Å². The van der Waals surface area contributed by atoms with E-state index in [2.05, 4.69) is 0 Å². The van der Waals surface area contributed by atoms with Crippen molar-refractivity contribution in [3.05, 3.63) is 35.9 Å². The van der Waals surface area contributed by atoms with Crippen molar-refractivity contribution in [2.75, 3.05) is 13.2 Å². The summed E-state index contributed by atoms with van der Waals surface area (Å²) in [7, 11) is 0. The molecular weight excluding hydrogens is 348 g/mol. The molecule has 0 unspecified atom stereocenters. The molecule has 3 rings (SSSR count). The van der Waals surface area contributed by atoms with Crippen LogP contribution in [-0.4, -0.2) is 88.0 Å². The lowest BCUT2D eigenvalue weighted by Crippen LogP contribution is -2.59. The molecule has 8 atom stereocenters. The van der Waals surface area contributed by atoms with Gasteiger partial charge in [-0.1, -0.05) is 30.3 Å². The number of benzene rings is 1. The number of aliphatic hydroxyl groups is 5. The summed E-state index contributed by atoms with van der Waals surface area (Å²) in [5, 5.41) is 49.4. The minimum Gasteiger partial charge on any atom is -0.388 e. The zero-order chi connectivity index (χ0) is 18.7. The van der Waals surface area contributed by atoms with Crippen LogP contribution in [0.1, 0.15) is 5.56 Å². The third kappa shape index (κ3) is 4.39. The van der Waals surface area contributed by atoms with E-state index in [1.165, 1.54) is 0 Å². The Bertz CT molecular complexity index is 556. The van der Waals surface area contributed by atoms with Gasteiger partial charge in [0.1, 0.15) is 36.6 Å². The number of aliphatic hydroxyl groups excluding tert-OH is 5. The summed E-state index contributed by atoms with van der Waals surface area (Å²) in [6.45, 7) is -0.129. The molecule has 0 bridgehead atoms. The number of rotatable bonds is 5. The third-order valence-electron chi connectivity index (χ3n) is 4.45. The van der Waals surface area contributed by atoms with Gasteiger partial charge in [-0.05, 0) is 5.56 Å². The van der Waals surface area contributed by atoms with Crippen LogP contribution in [-0.2, 0) is 25.6 Å². The van der Waals surface area contributed by atoms with Crippen LogP contribution in [0.3, 0.4) is 0 Å². The van der Waals surface area contributed by atoms with E-state index in [-0.39, 0.29) is 19.8 Å². The van der Waals surface area contributed by atoms with Crippen molar-refractivity contribution in [3.8, 4) is 0 Å². The van der Waals surface area contributed by atoms with Gasteiger partial charge in [0, 0.05) is 0 Å². The molecule has 2 aliphatic heterocycles. The van der Waals surface area contributed by atoms with Gasteiger partial charge in [-0.3, -0.25) is 0 Å². The second kappa shape index (κ2) is 8.70. The van der Waals surface area contributed by atoms with E-state index >= 15 is 0 Å². The number of hydrogen-bond donors (Lipinski definition) is 5. The fraction of sp³-hybridized carbons (Fsp3) is 0.647. The Kier molecular flexibility index (Phi) is 6.56. The normalized spacial score (nSPS) is 41.1. The van der Waals surface area contributed by atoms with Gasteiger partial charge in [-0.25, -0.2) is 0 Å². The predicted octanol–water partition coefficient (Wildman–Crippen LogP) is -1.89. The maximum absolute atomic E-state index is 10.3. The van der Waals surface area contributed by atoms with E-state index < -0.39 is 49.2 Å². The second-order valence-corrected chi connectivity index (χ2v) is 6.40. The summed E-state index contributed by atoms with van der Waals surface area (Å²) in [6.07, 6.45) is -10.1. The summed E-state index contributed by atoms with van der Waals surface area (Å²) in [4.78, 5) is 0. The number of ether oxygens (including phenoxy) is 4. The molecule has 2 heterocycles. The molecule has 0 spiro atoms. The molecule has 0 amide bonds. The van der Waals surface area contributed by atoms with Gasteiger partial charge < -0.3 is 44.5 Å². The Hall–Kier alpha value is -1.14. The zero-order valence-electron chi connectivity index (χ0n) is 14.0. The minimum absolute atomic E-state index is 0.108. The maximum Gasteiger partial charge on any atom is 0.186 e. The van der Waals surface area contributed by atoms with Gasteiger partial charge in [0.25, 0.3) is 0 Å². The topological polar surface area (TPSA) is 138 Å². The first-order valence-electron chi connectivity index (χ1n) is 8.42. The van der Waals surface area contributed by atoms with E-state index in [9.17, 15) is 25.5 Å². The summed E-state index contributed by atoms with van der Waals surface area (Å²) in [6, 6.07) is 9.31. The SMILES string of the molecule is O[C@@H]1[C@@H](O)[C@H](O[C@@H]2CO[C@@H](OCc3ccccc3)[C@H](O)[C@H]2O)OC[C@H]1O. The van der Waals surface area contributed by atoms with Crippen LogP contribution in [0.25, 0.3) is 0 Å². The molecule has 0 radical (unpaired) electrons. The quantitative estimate of drug-likeness (QED) is 0.401. The first-order valence-corrected chi connectivity index (χ1v) is 8.42. The van der Waals surface area contributed by atoms with Crippen LogP contribution in [0.5, 0.6) is 0 Å². The molecule has 146 valence electrons. The van der Waals surface area contributed by atoms with E-state index in [0.717, 1.165) is 5.56 Å². The van der Waals surface area contributed by atoms with Crippen LogP contribution >= 0.6 is 0 Å². The summed E-state index contributed by atoms with van der Waals surface area (Å²) < 4.78 is 21.5. The first-order chi connectivity index (χ1) is 12.5. The molecule has 9 heteroatoms. The maximum atomic E-state index is 10.3. The van der Waals surface area contributed by atoms with Crippen molar-refractivity contribution >= 4 is 0 Å². The third-order valence-corrected chi connectivity index (χ3v) is 4.45. The molecule has 2 fully saturated rings. The second-order valence-electron chi connectivity index (χ2n) is 6.40. The summed E-state index contributed by atoms with van der Waals surface area (Å²) in [5.74, 6) is 0. The fourth-order valence-corrected chi connectivity index (χ4v) is 2.86. The largest absolute Gasteiger partial charge is 0.388 e. The molecule has 1 aromatic rings. The average Bonchev–Trinajstić information content (AvgIpc) is 2.66. The van der Waals surface area contributed by atoms with Crippen molar-refractivity contribution in [3.63, 3.8) is 0 Å². The Morgan fingerprint density at radius 3 is 2.19 bits per heavy atom. The Balaban J connectivity index is 1.52. The van der Waals surface area contributed by atoms with Crippen LogP contribution in [0.2, 0.25) is 0 Å². The van der Waals surface area contributed by atoms with Crippen molar-refractivity contribution in [1.29, 1.82) is 0 Å². The van der Waals surface area contributed by atoms with Gasteiger partial charge in [0.2, 0.25) is 0 Å². The van der Waals surface area contributed by atoms with E-state index in [0.29, 0.717) is 0 Å². The highest BCUT2D eigenvalue weighted by Crippen LogP contribution is 2.24. The van der Waals surface area contributed by atoms with Crippen LogP contribution in [0, 0.1) is 0 Å². The van der Waals surface area contributed by atoms with Crippen molar-refractivity contribution in [2.45, 2.75) is 55.8 Å². The van der Waals surface area contributed by atoms with E-state index in [4.69, 9.17) is 18.9 Å². The lowest BCUT2D eigenvalue weighted by atomic mass is 10.0. The summed E-state index contributed by atoms with van der Waals surface area (Å²) >= 11 is 0. The van der Waals surface area contributed by atoms with Crippen LogP contribution in [0.4, 0.5) is 0 Å². The van der Waals surface area contributed by atoms with Gasteiger partial charge in [0.15, 0.2) is 12.6 Å². The lowest BCUT2D eigenvalue weighted by molar-refractivity contribution is -0.329. The Morgan fingerprint density at radius 1 is 0.808 bits per heavy atom. The molecule has 1 aromatic carbocycles. The molecule has 2 aliphatic rings. The molecule has 2 saturated heterocycles. The van der Waals surface area contributed by atoms with Crippen molar-refractivity contribution in [1.82, 2.24) is 0 Å². The predicted molar refractivity (Wildman–Crippen MR) is 85.6 cm³/mol. The molecule has 0 aromatic heterocycles. The number of hydrogen-bond acceptors (Lipinski definition) is 9. The molecule has 5 N–H and O–H groups in total. The van der Waals surface area contributed by atoms with Crippen molar-refractivity contribution in [2.24, 2.45) is 0 Å². The van der Waals surface area contributed by atoms with E-state index in [1.807, 2.05) is 30.3 Å². The standard InChI is InChI=1S/C17H24O9/c18-10-7-24-17(14(21)12(10)19)26-11-8-25-16(15(22)13(11)20)23-6-9-4-2-1-3-5-9/h1-5,10-22H,6-8H2/t10-,11-,12+,13+,14-,15-,16-,17+/m1/s1. The smallest absolute Gasteiger partial charge is 0.186 e. The minimum atomic E-state index is -1.49. The monoisotopic (exact) mass is 372 g/mol. The molecule has 9 nitrogen and oxygen atoms in total. The van der Waals surface area contributed by atoms with Crippen LogP contribution in [0.15, 0.2) is 30.3 Å². The average molecular weight is 372 g/mol. The van der Waals surface area contributed by atoms with Gasteiger partial charge in [-0.2, -0.15) is 0 Å². The van der Waals surface area contributed by atoms with Crippen LogP contribution < -0.4 is 0 Å². The van der Waals surface area contributed by atoms with Gasteiger partial charge in [-0.15, -0.1) is 0 Å². The first kappa shape index (κ1) is 19.6. The highest BCUT2D eigenvalue weighted by molar-refractivity contribution is 5.13. The highest BCUT2D eigenvalue weighted by Gasteiger charge is 2.44. The molecule has 0 aliphatic carbocycles. The highest BCUT2D eigenvalue weighted by atomic mass is 16.7. The Morgan fingerprint density at radius 2 is 1.46 bits per heavy atom. The van der Waals surface area contributed by atoms with Gasteiger partial charge in [0.05, 0.1) is 19.8 Å². The van der Waals surface area contributed by atoms with Gasteiger partial charge >= 0.3 is 0 Å². The lowest BCUT2D eigenvalue weighted by Gasteiger charge is -2.41. The van der Waals surface area contributed by atoms with Crippen molar-refractivity contribution < 1.29 is 44.5 Å². The fourth-order valence-electron chi connectivity index (χ4n) is 2.86.